The zero-order valence-electron chi connectivity index (χ0n) is 14.7. The fourth-order valence-corrected chi connectivity index (χ4v) is 2.92. The Bertz CT molecular complexity index is 895. The first-order chi connectivity index (χ1) is 12.9. The van der Waals surface area contributed by atoms with Crippen molar-refractivity contribution in [2.75, 3.05) is 13.1 Å². The Hall–Kier alpha value is -3.06. The second kappa shape index (κ2) is 7.67. The maximum absolute atomic E-state index is 12.9. The summed E-state index contributed by atoms with van der Waals surface area (Å²) in [5, 5.41) is 12.6. The molecule has 27 heavy (non-hydrogen) atoms. The summed E-state index contributed by atoms with van der Waals surface area (Å²) in [5.41, 5.74) is 2.06. The number of carbonyl (C=O) groups is 3. The van der Waals surface area contributed by atoms with Crippen molar-refractivity contribution in [2.45, 2.75) is 19.4 Å². The third kappa shape index (κ3) is 4.03. The van der Waals surface area contributed by atoms with Gasteiger partial charge in [-0.05, 0) is 36.8 Å². The van der Waals surface area contributed by atoms with E-state index in [0.29, 0.717) is 16.7 Å². The van der Waals surface area contributed by atoms with E-state index in [4.69, 9.17) is 0 Å². The van der Waals surface area contributed by atoms with Crippen molar-refractivity contribution in [3.05, 3.63) is 70.5 Å². The van der Waals surface area contributed by atoms with Crippen LogP contribution >= 0.6 is 0 Å². The van der Waals surface area contributed by atoms with Gasteiger partial charge in [0.25, 0.3) is 11.8 Å². The van der Waals surface area contributed by atoms with Crippen LogP contribution in [0.1, 0.15) is 44.4 Å². The predicted octanol–water partition coefficient (Wildman–Crippen LogP) is 1.97. The zero-order valence-corrected chi connectivity index (χ0v) is 14.7. The van der Waals surface area contributed by atoms with Gasteiger partial charge in [0.05, 0.1) is 17.2 Å². The van der Waals surface area contributed by atoms with Crippen LogP contribution in [0.5, 0.6) is 0 Å². The predicted molar refractivity (Wildman–Crippen MR) is 95.5 cm³/mol. The average Bonchev–Trinajstić information content (AvgIpc) is 2.88. The molecule has 2 aromatic rings. The van der Waals surface area contributed by atoms with E-state index >= 15 is 0 Å². The van der Waals surface area contributed by atoms with E-state index in [9.17, 15) is 23.9 Å². The van der Waals surface area contributed by atoms with Crippen molar-refractivity contribution in [3.8, 4) is 0 Å². The van der Waals surface area contributed by atoms with Crippen LogP contribution in [-0.4, -0.2) is 40.8 Å². The molecule has 1 atom stereocenters. The van der Waals surface area contributed by atoms with Gasteiger partial charge in [-0.1, -0.05) is 23.8 Å². The summed E-state index contributed by atoms with van der Waals surface area (Å²) in [6, 6.07) is 10.4. The first-order valence-electron chi connectivity index (χ1n) is 8.54. The number of halogens is 1. The van der Waals surface area contributed by atoms with E-state index in [1.54, 1.807) is 18.2 Å². The molecular weight excluding hydrogens is 351 g/mol. The third-order valence-electron chi connectivity index (χ3n) is 4.44. The monoisotopic (exact) mass is 370 g/mol. The fourth-order valence-electron chi connectivity index (χ4n) is 2.92. The van der Waals surface area contributed by atoms with E-state index in [2.05, 4.69) is 5.32 Å². The second-order valence-electron chi connectivity index (χ2n) is 6.43. The van der Waals surface area contributed by atoms with Gasteiger partial charge in [-0.15, -0.1) is 0 Å². The van der Waals surface area contributed by atoms with Gasteiger partial charge in [-0.25, -0.2) is 4.39 Å². The minimum atomic E-state index is -0.975. The SMILES string of the molecule is Cc1ccc2c(c1)C(=O)N(CCC(=O)NCC(O)c1ccc(F)cc1)C2=O. The van der Waals surface area contributed by atoms with Crippen molar-refractivity contribution < 1.29 is 23.9 Å². The average molecular weight is 370 g/mol. The van der Waals surface area contributed by atoms with Crippen molar-refractivity contribution in [2.24, 2.45) is 0 Å². The second-order valence-corrected chi connectivity index (χ2v) is 6.43. The molecule has 3 amide bonds. The molecule has 1 heterocycles. The number of aryl methyl sites for hydroxylation is 1. The van der Waals surface area contributed by atoms with Crippen molar-refractivity contribution in [3.63, 3.8) is 0 Å². The maximum Gasteiger partial charge on any atom is 0.261 e. The highest BCUT2D eigenvalue weighted by Gasteiger charge is 2.35. The van der Waals surface area contributed by atoms with Crippen molar-refractivity contribution >= 4 is 17.7 Å². The maximum atomic E-state index is 12.9. The Morgan fingerprint density at radius 2 is 1.78 bits per heavy atom. The summed E-state index contributed by atoms with van der Waals surface area (Å²) < 4.78 is 12.9. The summed E-state index contributed by atoms with van der Waals surface area (Å²) >= 11 is 0. The Morgan fingerprint density at radius 3 is 2.48 bits per heavy atom. The standard InChI is InChI=1S/C20H19FN2O4/c1-12-2-7-15-16(10-12)20(27)23(19(15)26)9-8-18(25)22-11-17(24)13-3-5-14(21)6-4-13/h2-7,10,17,24H,8-9,11H2,1H3,(H,22,25). The van der Waals surface area contributed by atoms with Crippen LogP contribution in [0.2, 0.25) is 0 Å². The van der Waals surface area contributed by atoms with Crippen LogP contribution in [0.3, 0.4) is 0 Å². The lowest BCUT2D eigenvalue weighted by molar-refractivity contribution is -0.121. The number of aliphatic hydroxyl groups is 1. The number of nitrogens with one attached hydrogen (secondary N) is 1. The first kappa shape index (κ1) is 18.7. The molecule has 0 radical (unpaired) electrons. The number of rotatable bonds is 6. The molecule has 1 unspecified atom stereocenters. The quantitative estimate of drug-likeness (QED) is 0.761. The van der Waals surface area contributed by atoms with Crippen LogP contribution in [0.15, 0.2) is 42.5 Å². The lowest BCUT2D eigenvalue weighted by Gasteiger charge is -2.15. The van der Waals surface area contributed by atoms with Crippen LogP contribution in [0.25, 0.3) is 0 Å². The Labute approximate surface area is 155 Å². The van der Waals surface area contributed by atoms with Crippen molar-refractivity contribution in [1.29, 1.82) is 0 Å². The number of amides is 3. The molecule has 1 aliphatic heterocycles. The van der Waals surface area contributed by atoms with Gasteiger partial charge in [0.2, 0.25) is 5.91 Å². The van der Waals surface area contributed by atoms with E-state index in [0.717, 1.165) is 10.5 Å². The highest BCUT2D eigenvalue weighted by Crippen LogP contribution is 2.24. The largest absolute Gasteiger partial charge is 0.387 e. The summed E-state index contributed by atoms with van der Waals surface area (Å²) in [4.78, 5) is 37.7. The van der Waals surface area contributed by atoms with Gasteiger partial charge >= 0.3 is 0 Å². The van der Waals surface area contributed by atoms with Crippen LogP contribution < -0.4 is 5.32 Å². The normalized spacial score (nSPS) is 14.3. The van der Waals surface area contributed by atoms with Crippen LogP contribution in [0.4, 0.5) is 4.39 Å². The minimum absolute atomic E-state index is 0.0378. The summed E-state index contributed by atoms with van der Waals surface area (Å²) in [6.07, 6.45) is -1.04. The van der Waals surface area contributed by atoms with Crippen LogP contribution in [-0.2, 0) is 4.79 Å². The van der Waals surface area contributed by atoms with Gasteiger partial charge < -0.3 is 10.4 Å². The molecule has 0 bridgehead atoms. The summed E-state index contributed by atoms with van der Waals surface area (Å²) in [6.45, 7) is 1.75. The molecule has 0 aromatic heterocycles. The highest BCUT2D eigenvalue weighted by molar-refractivity contribution is 6.21. The van der Waals surface area contributed by atoms with Gasteiger partial charge in [-0.2, -0.15) is 0 Å². The third-order valence-corrected chi connectivity index (χ3v) is 4.44. The Balaban J connectivity index is 1.52. The highest BCUT2D eigenvalue weighted by atomic mass is 19.1. The topological polar surface area (TPSA) is 86.7 Å². The lowest BCUT2D eigenvalue weighted by Crippen LogP contribution is -2.35. The molecule has 3 rings (SSSR count). The number of carbonyl (C=O) groups excluding carboxylic acids is 3. The molecule has 2 aromatic carbocycles. The molecule has 1 aliphatic rings. The summed E-state index contributed by atoms with van der Waals surface area (Å²) in [7, 11) is 0. The van der Waals surface area contributed by atoms with Crippen molar-refractivity contribution in [1.82, 2.24) is 10.2 Å². The van der Waals surface area contributed by atoms with E-state index < -0.39 is 29.6 Å². The number of aliphatic hydroxyl groups excluding tert-OH is 1. The number of hydrogen-bond donors (Lipinski definition) is 2. The molecule has 0 saturated carbocycles. The van der Waals surface area contributed by atoms with Gasteiger partial charge in [0.1, 0.15) is 5.82 Å². The number of hydrogen-bond acceptors (Lipinski definition) is 4. The van der Waals surface area contributed by atoms with Crippen LogP contribution in [0, 0.1) is 12.7 Å². The molecule has 7 heteroatoms. The number of nitrogens with zero attached hydrogens (tertiary/aromatic N) is 1. The minimum Gasteiger partial charge on any atom is -0.387 e. The smallest absolute Gasteiger partial charge is 0.261 e. The first-order valence-corrected chi connectivity index (χ1v) is 8.54. The number of imide groups is 1. The Kier molecular flexibility index (Phi) is 5.32. The van der Waals surface area contributed by atoms with Gasteiger partial charge in [-0.3, -0.25) is 19.3 Å². The fraction of sp³-hybridized carbons (Fsp3) is 0.250. The number of fused-ring (bicyclic) bond motifs is 1. The van der Waals surface area contributed by atoms with E-state index in [1.165, 1.54) is 24.3 Å². The molecular formula is C20H19FN2O4. The summed E-state index contributed by atoms with van der Waals surface area (Å²) in [5.74, 6) is -1.62. The van der Waals surface area contributed by atoms with Gasteiger partial charge in [0.15, 0.2) is 0 Å². The number of benzene rings is 2. The van der Waals surface area contributed by atoms with E-state index in [1.807, 2.05) is 6.92 Å². The lowest BCUT2D eigenvalue weighted by atomic mass is 10.1. The zero-order chi connectivity index (χ0) is 19.6. The van der Waals surface area contributed by atoms with E-state index in [-0.39, 0.29) is 19.5 Å². The molecule has 0 saturated heterocycles. The molecule has 0 aliphatic carbocycles. The molecule has 0 spiro atoms. The molecule has 0 fully saturated rings. The molecule has 140 valence electrons. The van der Waals surface area contributed by atoms with Gasteiger partial charge in [0, 0.05) is 19.5 Å². The molecule has 2 N–H and O–H groups in total. The molecule has 6 nitrogen and oxygen atoms in total. The Morgan fingerprint density at radius 1 is 1.11 bits per heavy atom.